The van der Waals surface area contributed by atoms with Gasteiger partial charge in [0.25, 0.3) is 11.6 Å². The van der Waals surface area contributed by atoms with Crippen molar-refractivity contribution in [2.75, 3.05) is 7.11 Å². The molecule has 0 spiro atoms. The first kappa shape index (κ1) is 24.4. The number of nitro benzene ring substituents is 2. The van der Waals surface area contributed by atoms with E-state index in [4.69, 9.17) is 32.7 Å². The summed E-state index contributed by atoms with van der Waals surface area (Å²) in [6.07, 6.45) is 1.34. The van der Waals surface area contributed by atoms with E-state index in [-0.39, 0.29) is 27.8 Å². The Morgan fingerprint density at radius 3 is 2.32 bits per heavy atom. The lowest BCUT2D eigenvalue weighted by Crippen LogP contribution is -2.17. The lowest BCUT2D eigenvalue weighted by atomic mass is 10.2. The molecule has 1 N–H and O–H groups in total. The third-order valence-corrected chi connectivity index (χ3v) is 5.06. The van der Waals surface area contributed by atoms with Crippen molar-refractivity contribution in [3.05, 3.63) is 96.0 Å². The maximum absolute atomic E-state index is 12.2. The van der Waals surface area contributed by atoms with Crippen LogP contribution in [-0.4, -0.2) is 29.1 Å². The second-order valence-corrected chi connectivity index (χ2v) is 7.32. The van der Waals surface area contributed by atoms with Gasteiger partial charge in [0.2, 0.25) is 5.75 Å². The Morgan fingerprint density at radius 2 is 1.68 bits per heavy atom. The van der Waals surface area contributed by atoms with Crippen LogP contribution >= 0.6 is 23.2 Å². The zero-order valence-electron chi connectivity index (χ0n) is 17.2. The smallest absolute Gasteiger partial charge is 0.318 e. The highest BCUT2D eigenvalue weighted by molar-refractivity contribution is 6.42. The molecule has 0 fully saturated rings. The summed E-state index contributed by atoms with van der Waals surface area (Å²) in [6.45, 7) is 0. The van der Waals surface area contributed by atoms with Crippen LogP contribution in [0.25, 0.3) is 0 Å². The fourth-order valence-corrected chi connectivity index (χ4v) is 2.98. The Kier molecular flexibility index (Phi) is 7.61. The molecule has 34 heavy (non-hydrogen) atoms. The van der Waals surface area contributed by atoms with Crippen LogP contribution in [0.2, 0.25) is 10.0 Å². The molecule has 0 radical (unpaired) electrons. The number of nitrogens with zero attached hydrogens (tertiary/aromatic N) is 3. The van der Waals surface area contributed by atoms with Gasteiger partial charge in [-0.2, -0.15) is 5.10 Å². The average molecular weight is 505 g/mol. The quantitative estimate of drug-likeness (QED) is 0.246. The number of carbonyl (C=O) groups excluding carboxylic acids is 1. The van der Waals surface area contributed by atoms with E-state index in [1.807, 2.05) is 0 Å². The van der Waals surface area contributed by atoms with Crippen LogP contribution in [0.5, 0.6) is 17.2 Å². The molecule has 0 bridgehead atoms. The van der Waals surface area contributed by atoms with Crippen molar-refractivity contribution < 1.29 is 24.1 Å². The molecule has 0 aliphatic carbocycles. The lowest BCUT2D eigenvalue weighted by Gasteiger charge is -2.11. The van der Waals surface area contributed by atoms with E-state index < -0.39 is 27.1 Å². The first-order valence-electron chi connectivity index (χ1n) is 9.26. The number of halogens is 2. The van der Waals surface area contributed by atoms with Crippen molar-refractivity contribution in [3.63, 3.8) is 0 Å². The van der Waals surface area contributed by atoms with Gasteiger partial charge in [0.05, 0.1) is 39.3 Å². The predicted octanol–water partition coefficient (Wildman–Crippen LogP) is 5.37. The minimum Gasteiger partial charge on any atom is -0.493 e. The van der Waals surface area contributed by atoms with E-state index in [1.54, 1.807) is 6.07 Å². The van der Waals surface area contributed by atoms with Crippen LogP contribution in [-0.2, 0) is 0 Å². The Balaban J connectivity index is 1.77. The van der Waals surface area contributed by atoms with E-state index in [1.165, 1.54) is 43.7 Å². The zero-order chi connectivity index (χ0) is 24.8. The molecule has 0 aromatic heterocycles. The Bertz CT molecular complexity index is 1310. The van der Waals surface area contributed by atoms with Gasteiger partial charge in [-0.25, -0.2) is 5.43 Å². The SMILES string of the molecule is COc1cc(/C=N\NC(=O)c2ccc(Cl)c(Cl)c2)ccc1Oc1ccc([N+](=O)[O-])cc1[N+](=O)[O-]. The number of nitro groups is 2. The number of rotatable bonds is 8. The number of amides is 1. The summed E-state index contributed by atoms with van der Waals surface area (Å²) in [7, 11) is 1.36. The summed E-state index contributed by atoms with van der Waals surface area (Å²) in [5.41, 5.74) is 2.10. The Hall–Kier alpha value is -4.22. The second-order valence-electron chi connectivity index (χ2n) is 6.51. The van der Waals surface area contributed by atoms with Crippen molar-refractivity contribution >= 4 is 46.7 Å². The molecular weight excluding hydrogens is 491 g/mol. The average Bonchev–Trinajstić information content (AvgIpc) is 2.81. The van der Waals surface area contributed by atoms with Gasteiger partial charge in [0.1, 0.15) is 0 Å². The predicted molar refractivity (Wildman–Crippen MR) is 124 cm³/mol. The van der Waals surface area contributed by atoms with E-state index in [9.17, 15) is 25.0 Å². The first-order valence-corrected chi connectivity index (χ1v) is 10.0. The molecule has 0 unspecified atom stereocenters. The van der Waals surface area contributed by atoms with Crippen LogP contribution in [0.3, 0.4) is 0 Å². The molecule has 0 heterocycles. The molecule has 13 heteroatoms. The fourth-order valence-electron chi connectivity index (χ4n) is 2.68. The molecule has 0 saturated carbocycles. The molecule has 0 aliphatic rings. The van der Waals surface area contributed by atoms with Gasteiger partial charge in [0.15, 0.2) is 11.5 Å². The number of non-ortho nitro benzene ring substituents is 1. The highest BCUT2D eigenvalue weighted by Crippen LogP contribution is 2.38. The topological polar surface area (TPSA) is 146 Å². The van der Waals surface area contributed by atoms with Crippen molar-refractivity contribution in [1.82, 2.24) is 5.43 Å². The van der Waals surface area contributed by atoms with Gasteiger partial charge < -0.3 is 9.47 Å². The van der Waals surface area contributed by atoms with E-state index >= 15 is 0 Å². The number of benzene rings is 3. The number of carbonyl (C=O) groups is 1. The molecule has 3 aromatic rings. The third-order valence-electron chi connectivity index (χ3n) is 4.32. The third kappa shape index (κ3) is 5.77. The maximum Gasteiger partial charge on any atom is 0.318 e. The van der Waals surface area contributed by atoms with Crippen LogP contribution < -0.4 is 14.9 Å². The van der Waals surface area contributed by atoms with E-state index in [0.29, 0.717) is 10.6 Å². The van der Waals surface area contributed by atoms with Crippen LogP contribution in [0.4, 0.5) is 11.4 Å². The summed E-state index contributed by atoms with van der Waals surface area (Å²) >= 11 is 11.7. The van der Waals surface area contributed by atoms with Crippen molar-refractivity contribution in [2.24, 2.45) is 5.10 Å². The van der Waals surface area contributed by atoms with Gasteiger partial charge in [-0.15, -0.1) is 0 Å². The summed E-state index contributed by atoms with van der Waals surface area (Å²) in [5.74, 6) is -0.389. The molecule has 3 rings (SSSR count). The molecule has 174 valence electrons. The molecule has 0 atom stereocenters. The van der Waals surface area contributed by atoms with Crippen molar-refractivity contribution in [2.45, 2.75) is 0 Å². The largest absolute Gasteiger partial charge is 0.493 e. The number of ether oxygens (including phenoxy) is 2. The lowest BCUT2D eigenvalue weighted by molar-refractivity contribution is -0.394. The van der Waals surface area contributed by atoms with Crippen LogP contribution in [0.1, 0.15) is 15.9 Å². The second kappa shape index (κ2) is 10.6. The summed E-state index contributed by atoms with van der Waals surface area (Å²) in [6, 6.07) is 11.9. The van der Waals surface area contributed by atoms with Gasteiger partial charge in [-0.1, -0.05) is 23.2 Å². The Morgan fingerprint density at radius 1 is 0.941 bits per heavy atom. The fraction of sp³-hybridized carbons (Fsp3) is 0.0476. The molecule has 11 nitrogen and oxygen atoms in total. The molecule has 3 aromatic carbocycles. The highest BCUT2D eigenvalue weighted by atomic mass is 35.5. The van der Waals surface area contributed by atoms with Crippen molar-refractivity contribution in [1.29, 1.82) is 0 Å². The minimum absolute atomic E-state index is 0.122. The standard InChI is InChI=1S/C21H14Cl2N4O7/c1-33-20-8-12(11-24-25-21(28)13-3-5-15(22)16(23)9-13)2-6-19(20)34-18-7-4-14(26(29)30)10-17(18)27(31)32/h2-11H,1H3,(H,25,28)/b24-11-. The van der Waals surface area contributed by atoms with Gasteiger partial charge in [-0.05, 0) is 48.0 Å². The van der Waals surface area contributed by atoms with Gasteiger partial charge in [0, 0.05) is 11.6 Å². The van der Waals surface area contributed by atoms with Crippen molar-refractivity contribution in [3.8, 4) is 17.2 Å². The number of hydrogen-bond donors (Lipinski definition) is 1. The number of methoxy groups -OCH3 is 1. The number of hydrazone groups is 1. The number of nitrogens with one attached hydrogen (secondary N) is 1. The van der Waals surface area contributed by atoms with E-state index in [2.05, 4.69) is 10.5 Å². The normalized spacial score (nSPS) is 10.7. The molecule has 0 aliphatic heterocycles. The molecular formula is C21H14Cl2N4O7. The van der Waals surface area contributed by atoms with Crippen LogP contribution in [0.15, 0.2) is 59.7 Å². The maximum atomic E-state index is 12.2. The zero-order valence-corrected chi connectivity index (χ0v) is 18.7. The van der Waals surface area contributed by atoms with E-state index in [0.717, 1.165) is 18.2 Å². The summed E-state index contributed by atoms with van der Waals surface area (Å²) in [5, 5.41) is 26.6. The van der Waals surface area contributed by atoms with Crippen LogP contribution in [0, 0.1) is 20.2 Å². The number of hydrogen-bond acceptors (Lipinski definition) is 8. The highest BCUT2D eigenvalue weighted by Gasteiger charge is 2.22. The Labute approximate surface area is 201 Å². The molecule has 1 amide bonds. The molecule has 0 saturated heterocycles. The monoisotopic (exact) mass is 504 g/mol. The van der Waals surface area contributed by atoms with Gasteiger partial charge in [-0.3, -0.25) is 25.0 Å². The summed E-state index contributed by atoms with van der Waals surface area (Å²) in [4.78, 5) is 32.8. The minimum atomic E-state index is -0.785. The summed E-state index contributed by atoms with van der Waals surface area (Å²) < 4.78 is 10.8. The van der Waals surface area contributed by atoms with Gasteiger partial charge >= 0.3 is 5.69 Å². The first-order chi connectivity index (χ1) is 16.2.